The monoisotopic (exact) mass is 394 g/mol. The first kappa shape index (κ1) is 18.3. The largest absolute Gasteiger partial charge is 0.459 e. The van der Waals surface area contributed by atoms with E-state index in [9.17, 15) is 9.59 Å². The first-order chi connectivity index (χ1) is 13.6. The van der Waals surface area contributed by atoms with E-state index in [0.29, 0.717) is 16.3 Å². The highest BCUT2D eigenvalue weighted by Crippen LogP contribution is 2.28. The number of hydrogen-bond donors (Lipinski definition) is 1. The first-order valence-electron chi connectivity index (χ1n) is 8.73. The van der Waals surface area contributed by atoms with Crippen molar-refractivity contribution in [2.24, 2.45) is 0 Å². The third-order valence-corrected chi connectivity index (χ3v) is 5.50. The molecule has 0 amide bonds. The number of aromatic amines is 1. The van der Waals surface area contributed by atoms with Crippen LogP contribution in [0.25, 0.3) is 11.0 Å². The molecule has 0 aliphatic carbocycles. The van der Waals surface area contributed by atoms with Crippen LogP contribution in [-0.4, -0.2) is 9.55 Å². The summed E-state index contributed by atoms with van der Waals surface area (Å²) in [6.07, 6.45) is 0. The second kappa shape index (κ2) is 7.92. The topological polar surface area (TPSA) is 77.2 Å². The molecule has 0 aliphatic heterocycles. The van der Waals surface area contributed by atoms with Gasteiger partial charge in [0.1, 0.15) is 24.7 Å². The fourth-order valence-corrected chi connectivity index (χ4v) is 3.85. The first-order valence-corrected chi connectivity index (χ1v) is 9.55. The lowest BCUT2D eigenvalue weighted by Crippen LogP contribution is -2.33. The van der Waals surface area contributed by atoms with Crippen LogP contribution in [0.15, 0.2) is 84.6 Å². The molecule has 2 aromatic heterocycles. The fourth-order valence-electron chi connectivity index (χ4n) is 2.84. The molecule has 0 radical (unpaired) electrons. The van der Waals surface area contributed by atoms with Crippen LogP contribution in [0.5, 0.6) is 0 Å². The molecule has 4 rings (SSSR count). The quantitative estimate of drug-likeness (QED) is 0.502. The lowest BCUT2D eigenvalue weighted by atomic mass is 10.2. The average molecular weight is 394 g/mol. The van der Waals surface area contributed by atoms with Crippen molar-refractivity contribution >= 4 is 22.7 Å². The molecule has 4 aromatic rings. The van der Waals surface area contributed by atoms with Gasteiger partial charge in [0.2, 0.25) is 0 Å². The van der Waals surface area contributed by atoms with Gasteiger partial charge in [-0.2, -0.15) is 0 Å². The van der Waals surface area contributed by atoms with E-state index in [1.807, 2.05) is 60.7 Å². The molecule has 1 N–H and O–H groups in total. The Morgan fingerprint density at radius 2 is 1.82 bits per heavy atom. The Morgan fingerprint density at radius 1 is 1.07 bits per heavy atom. The Balaban J connectivity index is 1.57. The Labute approximate surface area is 164 Å². The molecule has 0 saturated heterocycles. The highest BCUT2D eigenvalue weighted by molar-refractivity contribution is 7.99. The van der Waals surface area contributed by atoms with Gasteiger partial charge in [0.05, 0.1) is 5.03 Å². The number of fused-ring (bicyclic) bond motifs is 1. The summed E-state index contributed by atoms with van der Waals surface area (Å²) in [7, 11) is 0. The zero-order valence-corrected chi connectivity index (χ0v) is 16.0. The van der Waals surface area contributed by atoms with Crippen LogP contribution in [-0.2, 0) is 18.1 Å². The summed E-state index contributed by atoms with van der Waals surface area (Å²) in [4.78, 5) is 27.7. The van der Waals surface area contributed by atoms with E-state index < -0.39 is 11.2 Å². The van der Waals surface area contributed by atoms with Crippen LogP contribution in [0.1, 0.15) is 11.3 Å². The zero-order chi connectivity index (χ0) is 19.5. The average Bonchev–Trinajstić information content (AvgIpc) is 3.12. The molecule has 2 heterocycles. The molecule has 0 fully saturated rings. The van der Waals surface area contributed by atoms with Gasteiger partial charge >= 0.3 is 5.69 Å². The van der Waals surface area contributed by atoms with E-state index in [-0.39, 0.29) is 13.3 Å². The second-order valence-corrected chi connectivity index (χ2v) is 7.32. The standard InChI is InChI=1S/C21H18N2O4S/c1-14-19(24)22-21(25)23(20(14)28-17-8-3-2-4-9-17)13-26-12-16-11-15-7-5-6-10-18(15)27-16/h2-11H,12-13H2,1H3,(H,22,24,25). The summed E-state index contributed by atoms with van der Waals surface area (Å²) in [5.74, 6) is 0.674. The summed E-state index contributed by atoms with van der Waals surface area (Å²) in [5.41, 5.74) is 0.370. The van der Waals surface area contributed by atoms with E-state index in [2.05, 4.69) is 4.98 Å². The molecule has 7 heteroatoms. The normalized spacial score (nSPS) is 11.2. The van der Waals surface area contributed by atoms with Gasteiger partial charge in [-0.05, 0) is 31.2 Å². The van der Waals surface area contributed by atoms with Crippen molar-refractivity contribution < 1.29 is 9.15 Å². The second-order valence-electron chi connectivity index (χ2n) is 6.26. The SMILES string of the molecule is Cc1c(Sc2ccccc2)n(COCc2cc3ccccc3o2)c(=O)[nH]c1=O. The number of H-pyrrole nitrogens is 1. The van der Waals surface area contributed by atoms with E-state index >= 15 is 0 Å². The lowest BCUT2D eigenvalue weighted by Gasteiger charge is -2.14. The van der Waals surface area contributed by atoms with Crippen LogP contribution >= 0.6 is 11.8 Å². The van der Waals surface area contributed by atoms with Gasteiger partial charge in [-0.15, -0.1) is 0 Å². The zero-order valence-electron chi connectivity index (χ0n) is 15.2. The maximum Gasteiger partial charge on any atom is 0.331 e. The van der Waals surface area contributed by atoms with E-state index in [1.54, 1.807) is 6.92 Å². The van der Waals surface area contributed by atoms with Gasteiger partial charge in [-0.3, -0.25) is 14.3 Å². The molecule has 0 spiro atoms. The smallest absolute Gasteiger partial charge is 0.331 e. The molecule has 6 nitrogen and oxygen atoms in total. The summed E-state index contributed by atoms with van der Waals surface area (Å²) in [5, 5.41) is 1.56. The molecular weight excluding hydrogens is 376 g/mol. The Hall–Kier alpha value is -3.03. The molecule has 2 aromatic carbocycles. The van der Waals surface area contributed by atoms with Gasteiger partial charge in [-0.25, -0.2) is 4.79 Å². The van der Waals surface area contributed by atoms with Crippen molar-refractivity contribution in [2.75, 3.05) is 0 Å². The van der Waals surface area contributed by atoms with E-state index in [0.717, 1.165) is 15.9 Å². The van der Waals surface area contributed by atoms with Gasteiger partial charge in [0.25, 0.3) is 5.56 Å². The molecular formula is C21H18N2O4S. The number of nitrogens with one attached hydrogen (secondary N) is 1. The highest BCUT2D eigenvalue weighted by Gasteiger charge is 2.14. The predicted octanol–water partition coefficient (Wildman–Crippen LogP) is 3.92. The number of ether oxygens (including phenoxy) is 1. The van der Waals surface area contributed by atoms with Crippen molar-refractivity contribution in [3.8, 4) is 0 Å². The van der Waals surface area contributed by atoms with Crippen LogP contribution in [0, 0.1) is 6.92 Å². The summed E-state index contributed by atoms with van der Waals surface area (Å²) >= 11 is 1.36. The Kier molecular flexibility index (Phi) is 5.18. The highest BCUT2D eigenvalue weighted by atomic mass is 32.2. The minimum atomic E-state index is -0.501. The Bertz CT molecular complexity index is 1190. The third kappa shape index (κ3) is 3.81. The minimum Gasteiger partial charge on any atom is -0.459 e. The van der Waals surface area contributed by atoms with Crippen molar-refractivity contribution in [1.82, 2.24) is 9.55 Å². The van der Waals surface area contributed by atoms with E-state index in [4.69, 9.17) is 9.15 Å². The molecule has 142 valence electrons. The third-order valence-electron chi connectivity index (χ3n) is 4.27. The number of benzene rings is 2. The van der Waals surface area contributed by atoms with Crippen molar-refractivity contribution in [2.45, 2.75) is 30.2 Å². The van der Waals surface area contributed by atoms with Crippen molar-refractivity contribution in [3.63, 3.8) is 0 Å². The van der Waals surface area contributed by atoms with Crippen molar-refractivity contribution in [1.29, 1.82) is 0 Å². The number of furan rings is 1. The van der Waals surface area contributed by atoms with Crippen LogP contribution in [0.4, 0.5) is 0 Å². The van der Waals surface area contributed by atoms with Gasteiger partial charge in [0.15, 0.2) is 0 Å². The lowest BCUT2D eigenvalue weighted by molar-refractivity contribution is 0.0456. The van der Waals surface area contributed by atoms with Crippen LogP contribution in [0.3, 0.4) is 0 Å². The fraction of sp³-hybridized carbons (Fsp3) is 0.143. The van der Waals surface area contributed by atoms with Gasteiger partial charge in [-0.1, -0.05) is 48.2 Å². The summed E-state index contributed by atoms with van der Waals surface area (Å²) < 4.78 is 12.9. The number of rotatable bonds is 6. The molecule has 28 heavy (non-hydrogen) atoms. The molecule has 0 bridgehead atoms. The molecule has 0 unspecified atom stereocenters. The number of nitrogens with zero attached hydrogens (tertiary/aromatic N) is 1. The predicted molar refractivity (Wildman–Crippen MR) is 108 cm³/mol. The molecule has 0 aliphatic rings. The number of aromatic nitrogens is 2. The number of hydrogen-bond acceptors (Lipinski definition) is 5. The maximum absolute atomic E-state index is 12.4. The summed E-state index contributed by atoms with van der Waals surface area (Å²) in [6.45, 7) is 1.91. The van der Waals surface area contributed by atoms with Crippen molar-refractivity contribution in [3.05, 3.63) is 92.8 Å². The van der Waals surface area contributed by atoms with E-state index in [1.165, 1.54) is 16.3 Å². The molecule has 0 saturated carbocycles. The number of para-hydroxylation sites is 1. The van der Waals surface area contributed by atoms with Crippen LogP contribution in [0.2, 0.25) is 0 Å². The van der Waals surface area contributed by atoms with Crippen LogP contribution < -0.4 is 11.2 Å². The maximum atomic E-state index is 12.4. The van der Waals surface area contributed by atoms with Gasteiger partial charge in [0, 0.05) is 15.8 Å². The van der Waals surface area contributed by atoms with Gasteiger partial charge < -0.3 is 9.15 Å². The summed E-state index contributed by atoms with van der Waals surface area (Å²) in [6, 6.07) is 19.2. The Morgan fingerprint density at radius 3 is 2.61 bits per heavy atom. The minimum absolute atomic E-state index is 0.00264. The molecule has 0 atom stereocenters.